The molecule has 0 N–H and O–H groups in total. The van der Waals surface area contributed by atoms with Crippen molar-refractivity contribution < 1.29 is 4.79 Å². The Kier molecular flexibility index (Phi) is 9.67. The predicted molar refractivity (Wildman–Crippen MR) is 111 cm³/mol. The molecule has 2 aromatic rings. The molecule has 0 amide bonds. The maximum atomic E-state index is 11.2. The topological polar surface area (TPSA) is 17.1 Å². The van der Waals surface area contributed by atoms with Crippen LogP contribution in [0.5, 0.6) is 0 Å². The highest BCUT2D eigenvalue weighted by Gasteiger charge is 2.01. The molecule has 126 valence electrons. The molecule has 0 heterocycles. The first-order chi connectivity index (χ1) is 12.6. The van der Waals surface area contributed by atoms with E-state index in [1.165, 1.54) is 10.5 Å². The summed E-state index contributed by atoms with van der Waals surface area (Å²) in [5.41, 5.74) is 3.08. The van der Waals surface area contributed by atoms with Crippen molar-refractivity contribution in [2.24, 2.45) is 0 Å². The molecule has 0 aliphatic carbocycles. The van der Waals surface area contributed by atoms with Gasteiger partial charge in [0.15, 0.2) is 5.78 Å². The quantitative estimate of drug-likeness (QED) is 0.442. The lowest BCUT2D eigenvalue weighted by atomic mass is 10.0. The summed E-state index contributed by atoms with van der Waals surface area (Å²) in [4.78, 5) is 12.4. The summed E-state index contributed by atoms with van der Waals surface area (Å²) in [6.07, 6.45) is 6.88. The summed E-state index contributed by atoms with van der Waals surface area (Å²) in [7, 11) is 0. The molecule has 0 bridgehead atoms. The highest BCUT2D eigenvalue weighted by Crippen LogP contribution is 2.23. The number of carbonyl (C=O) groups is 1. The lowest BCUT2D eigenvalue weighted by Gasteiger charge is -2.03. The Morgan fingerprint density at radius 2 is 1.35 bits per heavy atom. The molecule has 1 nitrogen and oxygen atoms in total. The fourth-order valence-corrected chi connectivity index (χ4v) is 2.28. The Hall–Kier alpha value is -3.30. The molecule has 0 unspecified atom stereocenters. The van der Waals surface area contributed by atoms with Crippen molar-refractivity contribution >= 4 is 17.5 Å². The molecule has 0 spiro atoms. The number of Topliss-reactive ketones (excluding diaryl/α,β-unsaturated/α-hetero) is 1. The van der Waals surface area contributed by atoms with Crippen molar-refractivity contribution in [2.75, 3.05) is 6.26 Å². The summed E-state index contributed by atoms with van der Waals surface area (Å²) in [6, 6.07) is 16.2. The first-order valence-electron chi connectivity index (χ1n) is 7.75. The van der Waals surface area contributed by atoms with Gasteiger partial charge in [-0.05, 0) is 78.9 Å². The van der Waals surface area contributed by atoms with E-state index in [1.54, 1.807) is 25.6 Å². The summed E-state index contributed by atoms with van der Waals surface area (Å²) in [5.74, 6) is 17.1. The number of ketones is 1. The van der Waals surface area contributed by atoms with Crippen molar-refractivity contribution in [3.05, 3.63) is 54.1 Å². The molecule has 0 aliphatic rings. The van der Waals surface area contributed by atoms with Gasteiger partial charge in [0.05, 0.1) is 0 Å². The summed E-state index contributed by atoms with van der Waals surface area (Å²) in [5, 5.41) is 0. The Morgan fingerprint density at radius 3 is 1.81 bits per heavy atom. The van der Waals surface area contributed by atoms with E-state index < -0.39 is 0 Å². The molecule has 0 aromatic heterocycles. The van der Waals surface area contributed by atoms with Crippen LogP contribution in [-0.2, 0) is 0 Å². The first kappa shape index (κ1) is 20.7. The van der Waals surface area contributed by atoms with Crippen LogP contribution in [0, 0.1) is 47.9 Å². The molecular formula is C24H18OS. The van der Waals surface area contributed by atoms with Crippen LogP contribution < -0.4 is 0 Å². The summed E-state index contributed by atoms with van der Waals surface area (Å²) >= 11 is 1.73. The standard InChI is InChI=1S/C15H14OS.C9H4/c1-11(16)12-3-5-13(6-4-12)14-7-9-15(17-2)10-8-14;1-3-5-7-9-8-6-4-2/h3-10H,1-2H3;1H,2H3. The summed E-state index contributed by atoms with van der Waals surface area (Å²) in [6.45, 7) is 3.30. The minimum absolute atomic E-state index is 0.106. The number of benzene rings is 2. The zero-order valence-corrected chi connectivity index (χ0v) is 15.8. The molecule has 0 saturated heterocycles. The number of hydrogen-bond donors (Lipinski definition) is 0. The number of hydrogen-bond acceptors (Lipinski definition) is 2. The number of rotatable bonds is 3. The Balaban J connectivity index is 0.000000321. The van der Waals surface area contributed by atoms with Crippen LogP contribution in [0.3, 0.4) is 0 Å². The van der Waals surface area contributed by atoms with Crippen LogP contribution in [0.15, 0.2) is 53.4 Å². The molecule has 26 heavy (non-hydrogen) atoms. The predicted octanol–water partition coefficient (Wildman–Crippen LogP) is 4.93. The lowest BCUT2D eigenvalue weighted by Crippen LogP contribution is -1.90. The van der Waals surface area contributed by atoms with Crippen molar-refractivity contribution in [1.29, 1.82) is 0 Å². The monoisotopic (exact) mass is 354 g/mol. The highest BCUT2D eigenvalue weighted by atomic mass is 32.2. The van der Waals surface area contributed by atoms with E-state index >= 15 is 0 Å². The van der Waals surface area contributed by atoms with Gasteiger partial charge in [0.1, 0.15) is 0 Å². The van der Waals surface area contributed by atoms with Crippen molar-refractivity contribution in [3.63, 3.8) is 0 Å². The Labute approximate surface area is 160 Å². The Morgan fingerprint density at radius 1 is 0.846 bits per heavy atom. The van der Waals surface area contributed by atoms with Crippen LogP contribution >= 0.6 is 11.8 Å². The molecule has 0 aliphatic heterocycles. The van der Waals surface area contributed by atoms with E-state index in [0.717, 1.165) is 11.1 Å². The van der Waals surface area contributed by atoms with Crippen LogP contribution in [0.25, 0.3) is 11.1 Å². The number of terminal acetylenes is 1. The minimum Gasteiger partial charge on any atom is -0.295 e. The smallest absolute Gasteiger partial charge is 0.159 e. The van der Waals surface area contributed by atoms with Crippen molar-refractivity contribution in [3.8, 4) is 59.0 Å². The number of thioether (sulfide) groups is 1. The van der Waals surface area contributed by atoms with Gasteiger partial charge in [-0.15, -0.1) is 18.2 Å². The fraction of sp³-hybridized carbons (Fsp3) is 0.125. The van der Waals surface area contributed by atoms with E-state index in [4.69, 9.17) is 6.42 Å². The van der Waals surface area contributed by atoms with Crippen LogP contribution in [-0.4, -0.2) is 12.0 Å². The van der Waals surface area contributed by atoms with Crippen LogP contribution in [0.2, 0.25) is 0 Å². The zero-order chi connectivity index (χ0) is 19.2. The van der Waals surface area contributed by atoms with Gasteiger partial charge in [-0.1, -0.05) is 42.3 Å². The van der Waals surface area contributed by atoms with Gasteiger partial charge in [0, 0.05) is 10.5 Å². The van der Waals surface area contributed by atoms with Gasteiger partial charge >= 0.3 is 0 Å². The second-order valence-corrected chi connectivity index (χ2v) is 5.76. The second kappa shape index (κ2) is 12.1. The van der Waals surface area contributed by atoms with Gasteiger partial charge in [-0.3, -0.25) is 4.79 Å². The molecular weight excluding hydrogens is 336 g/mol. The van der Waals surface area contributed by atoms with E-state index in [2.05, 4.69) is 72.0 Å². The first-order valence-corrected chi connectivity index (χ1v) is 8.97. The maximum absolute atomic E-state index is 11.2. The van der Waals surface area contributed by atoms with Gasteiger partial charge in [0.25, 0.3) is 0 Å². The molecule has 0 saturated carbocycles. The SMILES string of the molecule is C#CC#CC#CC#CC.CSc1ccc(-c2ccc(C(C)=O)cc2)cc1. The van der Waals surface area contributed by atoms with Gasteiger partial charge in [-0.25, -0.2) is 0 Å². The van der Waals surface area contributed by atoms with Gasteiger partial charge < -0.3 is 0 Å². The molecule has 2 heteroatoms. The third-order valence-corrected chi connectivity index (χ3v) is 3.91. The average Bonchev–Trinajstić information content (AvgIpc) is 2.68. The molecule has 0 fully saturated rings. The van der Waals surface area contributed by atoms with E-state index in [0.29, 0.717) is 0 Å². The zero-order valence-electron chi connectivity index (χ0n) is 15.0. The molecule has 2 aromatic carbocycles. The van der Waals surface area contributed by atoms with E-state index in [9.17, 15) is 4.79 Å². The third-order valence-electron chi connectivity index (χ3n) is 3.16. The highest BCUT2D eigenvalue weighted by molar-refractivity contribution is 7.98. The minimum atomic E-state index is 0.106. The maximum Gasteiger partial charge on any atom is 0.159 e. The van der Waals surface area contributed by atoms with Crippen molar-refractivity contribution in [2.45, 2.75) is 18.7 Å². The Bertz CT molecular complexity index is 955. The molecule has 0 radical (unpaired) electrons. The lowest BCUT2D eigenvalue weighted by molar-refractivity contribution is 0.101. The summed E-state index contributed by atoms with van der Waals surface area (Å²) < 4.78 is 0. The van der Waals surface area contributed by atoms with E-state index in [-0.39, 0.29) is 5.78 Å². The van der Waals surface area contributed by atoms with Crippen LogP contribution in [0.1, 0.15) is 24.2 Å². The second-order valence-electron chi connectivity index (χ2n) is 4.88. The van der Waals surface area contributed by atoms with Gasteiger partial charge in [0.2, 0.25) is 0 Å². The largest absolute Gasteiger partial charge is 0.295 e. The van der Waals surface area contributed by atoms with Gasteiger partial charge in [-0.2, -0.15) is 0 Å². The van der Waals surface area contributed by atoms with Crippen LogP contribution in [0.4, 0.5) is 0 Å². The van der Waals surface area contributed by atoms with E-state index in [1.807, 2.05) is 24.3 Å². The third kappa shape index (κ3) is 7.51. The average molecular weight is 354 g/mol. The normalized spacial score (nSPS) is 7.92. The molecule has 2 rings (SSSR count). The molecule has 0 atom stereocenters. The number of carbonyl (C=O) groups excluding carboxylic acids is 1. The fourth-order valence-electron chi connectivity index (χ4n) is 1.87. The van der Waals surface area contributed by atoms with Crippen molar-refractivity contribution in [1.82, 2.24) is 0 Å².